The molecule has 0 radical (unpaired) electrons. The molecule has 0 aromatic heterocycles. The molecule has 0 amide bonds. The van der Waals surface area contributed by atoms with Crippen LogP contribution in [0.2, 0.25) is 0 Å². The van der Waals surface area contributed by atoms with E-state index in [1.54, 1.807) is 0 Å². The van der Waals surface area contributed by atoms with Gasteiger partial charge in [-0.2, -0.15) is 0 Å². The first-order valence-corrected chi connectivity index (χ1v) is 9.55. The fraction of sp³-hybridized carbons (Fsp3) is 0.0526. The lowest BCUT2D eigenvalue weighted by atomic mass is 9.90. The average molecular weight is 430 g/mol. The van der Waals surface area contributed by atoms with Crippen LogP contribution in [0.4, 0.5) is 0 Å². The van der Waals surface area contributed by atoms with Crippen molar-refractivity contribution in [2.75, 3.05) is 0 Å². The van der Waals surface area contributed by atoms with E-state index in [4.69, 9.17) is 0 Å². The van der Waals surface area contributed by atoms with E-state index in [0.29, 0.717) is 0 Å². The van der Waals surface area contributed by atoms with Crippen molar-refractivity contribution in [1.82, 2.24) is 0 Å². The summed E-state index contributed by atoms with van der Waals surface area (Å²) in [7, 11) is 0. The molecule has 0 saturated heterocycles. The third kappa shape index (κ3) is 1.70. The standard InChI is InChI=1S/C19H10Br2S/c20-13-8-7-10-9-14(21)12-4-2-6-16-19(12)17(10)18-11(13)3-1-5-15(18)22-16/h1-6,8-9H,7H2. The van der Waals surface area contributed by atoms with Crippen LogP contribution in [0.5, 0.6) is 0 Å². The van der Waals surface area contributed by atoms with E-state index in [2.05, 4.69) is 80.4 Å². The van der Waals surface area contributed by atoms with Crippen LogP contribution < -0.4 is 0 Å². The van der Waals surface area contributed by atoms with E-state index in [0.717, 1.165) is 6.42 Å². The SMILES string of the molecule is BrC1=CCc2cc(Br)c3cccc4c3c2-c2c(cccc21)S4. The molecule has 3 aromatic rings. The first kappa shape index (κ1) is 13.4. The maximum atomic E-state index is 3.77. The largest absolute Gasteiger partial charge is 0.0887 e. The molecule has 2 aliphatic rings. The lowest BCUT2D eigenvalue weighted by Crippen LogP contribution is -1.98. The Hall–Kier alpha value is -1.03. The summed E-state index contributed by atoms with van der Waals surface area (Å²) in [4.78, 5) is 2.71. The quantitative estimate of drug-likeness (QED) is 0.289. The smallest absolute Gasteiger partial charge is 0.0257 e. The molecule has 22 heavy (non-hydrogen) atoms. The Balaban J connectivity index is 2.07. The van der Waals surface area contributed by atoms with Crippen LogP contribution in [0.15, 0.2) is 62.8 Å². The third-order valence-electron chi connectivity index (χ3n) is 4.41. The zero-order valence-corrected chi connectivity index (χ0v) is 15.5. The zero-order chi connectivity index (χ0) is 14.8. The molecule has 0 saturated carbocycles. The lowest BCUT2D eigenvalue weighted by molar-refractivity contribution is 1.27. The van der Waals surface area contributed by atoms with Crippen LogP contribution in [0.3, 0.4) is 0 Å². The minimum atomic E-state index is 0.956. The van der Waals surface area contributed by atoms with E-state index in [1.807, 2.05) is 11.8 Å². The Morgan fingerprint density at radius 1 is 0.909 bits per heavy atom. The number of rotatable bonds is 0. The molecule has 0 spiro atoms. The molecule has 5 rings (SSSR count). The van der Waals surface area contributed by atoms with Gasteiger partial charge in [0.15, 0.2) is 0 Å². The molecule has 3 heteroatoms. The summed E-state index contributed by atoms with van der Waals surface area (Å²) in [5.74, 6) is 0. The molecule has 1 aliphatic carbocycles. The Morgan fingerprint density at radius 2 is 1.73 bits per heavy atom. The number of allylic oxidation sites excluding steroid dienone is 1. The fourth-order valence-corrected chi connectivity index (χ4v) is 5.74. The molecular weight excluding hydrogens is 420 g/mol. The summed E-state index contributed by atoms with van der Waals surface area (Å²) in [6, 6.07) is 15.5. The molecule has 106 valence electrons. The van der Waals surface area contributed by atoms with E-state index in [1.165, 1.54) is 51.8 Å². The predicted molar refractivity (Wildman–Crippen MR) is 102 cm³/mol. The van der Waals surface area contributed by atoms with Gasteiger partial charge in [0.05, 0.1) is 0 Å². The van der Waals surface area contributed by atoms with Crippen LogP contribution in [-0.2, 0) is 6.42 Å². The Morgan fingerprint density at radius 3 is 2.64 bits per heavy atom. The van der Waals surface area contributed by atoms with Crippen molar-refractivity contribution in [2.45, 2.75) is 16.2 Å². The maximum Gasteiger partial charge on any atom is 0.0257 e. The van der Waals surface area contributed by atoms with Crippen molar-refractivity contribution in [3.8, 4) is 11.1 Å². The highest BCUT2D eigenvalue weighted by atomic mass is 79.9. The van der Waals surface area contributed by atoms with E-state index in [9.17, 15) is 0 Å². The number of hydrogen-bond donors (Lipinski definition) is 0. The second-order valence-electron chi connectivity index (χ2n) is 5.61. The van der Waals surface area contributed by atoms with Gasteiger partial charge in [0.1, 0.15) is 0 Å². The predicted octanol–water partition coefficient (Wildman–Crippen LogP) is 7.03. The van der Waals surface area contributed by atoms with Gasteiger partial charge in [-0.3, -0.25) is 0 Å². The molecule has 0 atom stereocenters. The summed E-state index contributed by atoms with van der Waals surface area (Å²) in [6.45, 7) is 0. The Labute approximate surface area is 149 Å². The Bertz CT molecular complexity index is 1000. The minimum Gasteiger partial charge on any atom is -0.0887 e. The molecule has 0 bridgehead atoms. The highest BCUT2D eigenvalue weighted by Crippen LogP contribution is 2.54. The number of hydrogen-bond acceptors (Lipinski definition) is 1. The second-order valence-corrected chi connectivity index (χ2v) is 8.40. The summed E-state index contributed by atoms with van der Waals surface area (Å²) in [6.07, 6.45) is 3.24. The first-order valence-electron chi connectivity index (χ1n) is 7.15. The molecule has 3 aromatic carbocycles. The molecule has 0 N–H and O–H groups in total. The number of halogens is 2. The van der Waals surface area contributed by atoms with Gasteiger partial charge in [0.2, 0.25) is 0 Å². The van der Waals surface area contributed by atoms with Crippen LogP contribution in [0, 0.1) is 0 Å². The van der Waals surface area contributed by atoms with Crippen LogP contribution in [-0.4, -0.2) is 0 Å². The number of benzene rings is 3. The molecule has 0 nitrogen and oxygen atoms in total. The van der Waals surface area contributed by atoms with Gasteiger partial charge in [-0.1, -0.05) is 74.0 Å². The molecule has 0 fully saturated rings. The molecule has 1 aliphatic heterocycles. The normalized spacial score (nSPS) is 14.7. The van der Waals surface area contributed by atoms with Gasteiger partial charge in [0.25, 0.3) is 0 Å². The van der Waals surface area contributed by atoms with Crippen LogP contribution in [0.1, 0.15) is 11.1 Å². The third-order valence-corrected chi connectivity index (χ3v) is 6.94. The lowest BCUT2D eigenvalue weighted by Gasteiger charge is -2.24. The second kappa shape index (κ2) is 4.73. The van der Waals surface area contributed by atoms with Crippen molar-refractivity contribution in [3.05, 3.63) is 64.1 Å². The van der Waals surface area contributed by atoms with Crippen molar-refractivity contribution >= 4 is 58.9 Å². The average Bonchev–Trinajstić information content (AvgIpc) is 2.67. The minimum absolute atomic E-state index is 0.956. The zero-order valence-electron chi connectivity index (χ0n) is 11.5. The van der Waals surface area contributed by atoms with Crippen molar-refractivity contribution in [3.63, 3.8) is 0 Å². The van der Waals surface area contributed by atoms with Gasteiger partial charge in [0, 0.05) is 29.7 Å². The van der Waals surface area contributed by atoms with Gasteiger partial charge >= 0.3 is 0 Å². The van der Waals surface area contributed by atoms with Crippen LogP contribution in [0.25, 0.3) is 26.4 Å². The van der Waals surface area contributed by atoms with Crippen molar-refractivity contribution < 1.29 is 0 Å². The van der Waals surface area contributed by atoms with Crippen LogP contribution >= 0.6 is 43.6 Å². The maximum absolute atomic E-state index is 3.77. The van der Waals surface area contributed by atoms with Gasteiger partial charge in [-0.05, 0) is 46.7 Å². The topological polar surface area (TPSA) is 0 Å². The molecule has 0 unspecified atom stereocenters. The summed E-state index contributed by atoms with van der Waals surface area (Å²) < 4.78 is 2.39. The highest BCUT2D eigenvalue weighted by molar-refractivity contribution is 9.15. The summed E-state index contributed by atoms with van der Waals surface area (Å²) in [5.41, 5.74) is 5.51. The van der Waals surface area contributed by atoms with Gasteiger partial charge in [-0.25, -0.2) is 0 Å². The van der Waals surface area contributed by atoms with Crippen molar-refractivity contribution in [1.29, 1.82) is 0 Å². The molecule has 1 heterocycles. The fourth-order valence-electron chi connectivity index (χ4n) is 3.48. The molecular formula is C19H10Br2S. The van der Waals surface area contributed by atoms with E-state index < -0.39 is 0 Å². The van der Waals surface area contributed by atoms with E-state index in [-0.39, 0.29) is 0 Å². The Kier molecular flexibility index (Phi) is 2.89. The summed E-state index contributed by atoms with van der Waals surface area (Å²) >= 11 is 9.43. The van der Waals surface area contributed by atoms with Gasteiger partial charge < -0.3 is 0 Å². The van der Waals surface area contributed by atoms with Gasteiger partial charge in [-0.15, -0.1) is 0 Å². The highest BCUT2D eigenvalue weighted by Gasteiger charge is 2.27. The van der Waals surface area contributed by atoms with Crippen molar-refractivity contribution in [2.24, 2.45) is 0 Å². The first-order chi connectivity index (χ1) is 10.7. The monoisotopic (exact) mass is 428 g/mol. The van der Waals surface area contributed by atoms with E-state index >= 15 is 0 Å². The summed E-state index contributed by atoms with van der Waals surface area (Å²) in [5, 5.41) is 2.70.